The van der Waals surface area contributed by atoms with Crippen LogP contribution in [0.4, 0.5) is 0 Å². The van der Waals surface area contributed by atoms with E-state index in [1.807, 2.05) is 0 Å². The predicted octanol–water partition coefficient (Wildman–Crippen LogP) is 23.2. The van der Waals surface area contributed by atoms with Crippen molar-refractivity contribution >= 4 is 39.5 Å². The molecule has 0 aliphatic heterocycles. The summed E-state index contributed by atoms with van der Waals surface area (Å²) >= 11 is 0. The van der Waals surface area contributed by atoms with Gasteiger partial charge in [-0.15, -0.1) is 0 Å². The molecule has 0 aliphatic carbocycles. The van der Waals surface area contributed by atoms with Crippen LogP contribution in [0.1, 0.15) is 394 Å². The maximum absolute atomic E-state index is 13.1. The number of carbonyl (C=O) groups is 4. The average Bonchev–Trinajstić information content (AvgIpc) is 2.02. The van der Waals surface area contributed by atoms with Crippen molar-refractivity contribution in [2.24, 2.45) is 5.92 Å². The Labute approximate surface area is 599 Å². The molecule has 0 saturated heterocycles. The van der Waals surface area contributed by atoms with Gasteiger partial charge >= 0.3 is 39.5 Å². The van der Waals surface area contributed by atoms with Crippen LogP contribution in [-0.2, 0) is 65.4 Å². The molecule has 0 aromatic heterocycles. The Bertz CT molecular complexity index is 1970. The fourth-order valence-electron chi connectivity index (χ4n) is 11.7. The highest BCUT2D eigenvalue weighted by atomic mass is 31.2. The van der Waals surface area contributed by atoms with Crippen molar-refractivity contribution in [3.05, 3.63) is 24.3 Å². The molecule has 6 atom stereocenters. The first-order valence-electron chi connectivity index (χ1n) is 40.5. The quantitative estimate of drug-likeness (QED) is 0.0169. The molecule has 3 N–H and O–H groups in total. The van der Waals surface area contributed by atoms with Crippen LogP contribution >= 0.6 is 15.6 Å². The molecule has 578 valence electrons. The summed E-state index contributed by atoms with van der Waals surface area (Å²) in [6, 6.07) is 0. The molecule has 98 heavy (non-hydrogen) atoms. The summed E-state index contributed by atoms with van der Waals surface area (Å²) in [5, 5.41) is 10.6. The second-order valence-corrected chi connectivity index (χ2v) is 30.9. The maximum atomic E-state index is 13.1. The predicted molar refractivity (Wildman–Crippen MR) is 400 cm³/mol. The smallest absolute Gasteiger partial charge is 0.462 e. The number of rotatable bonds is 77. The van der Waals surface area contributed by atoms with E-state index >= 15 is 0 Å². The van der Waals surface area contributed by atoms with Crippen LogP contribution in [-0.4, -0.2) is 96.7 Å². The van der Waals surface area contributed by atoms with Gasteiger partial charge < -0.3 is 33.8 Å². The van der Waals surface area contributed by atoms with Crippen molar-refractivity contribution in [1.82, 2.24) is 0 Å². The van der Waals surface area contributed by atoms with Crippen molar-refractivity contribution in [2.45, 2.75) is 412 Å². The molecule has 17 nitrogen and oxygen atoms in total. The molecule has 0 rings (SSSR count). The average molecular weight is 1430 g/mol. The van der Waals surface area contributed by atoms with Crippen LogP contribution in [0.15, 0.2) is 24.3 Å². The highest BCUT2D eigenvalue weighted by Crippen LogP contribution is 2.45. The van der Waals surface area contributed by atoms with E-state index in [1.165, 1.54) is 199 Å². The molecule has 0 fully saturated rings. The topological polar surface area (TPSA) is 237 Å². The zero-order chi connectivity index (χ0) is 71.9. The summed E-state index contributed by atoms with van der Waals surface area (Å²) in [5.74, 6) is -1.30. The minimum atomic E-state index is -4.96. The summed E-state index contributed by atoms with van der Waals surface area (Å²) in [5.41, 5.74) is 0. The molecule has 0 heterocycles. The number of hydrogen-bond donors (Lipinski definition) is 3. The third-order valence-electron chi connectivity index (χ3n) is 18.3. The van der Waals surface area contributed by atoms with Crippen LogP contribution < -0.4 is 0 Å². The van der Waals surface area contributed by atoms with Crippen LogP contribution in [0.25, 0.3) is 0 Å². The Balaban J connectivity index is 5.24. The number of unbranched alkanes of at least 4 members (excludes halogenated alkanes) is 45. The van der Waals surface area contributed by atoms with Crippen molar-refractivity contribution < 1.29 is 80.2 Å². The van der Waals surface area contributed by atoms with Gasteiger partial charge in [-0.2, -0.15) is 0 Å². The minimum absolute atomic E-state index is 0.0852. The van der Waals surface area contributed by atoms with E-state index in [1.54, 1.807) is 0 Å². The van der Waals surface area contributed by atoms with E-state index in [0.717, 1.165) is 115 Å². The van der Waals surface area contributed by atoms with Crippen molar-refractivity contribution in [2.75, 3.05) is 39.6 Å². The molecule has 0 aliphatic rings. The number of hydrogen-bond acceptors (Lipinski definition) is 15. The Kier molecular flexibility index (Phi) is 69.7. The van der Waals surface area contributed by atoms with Crippen LogP contribution in [0, 0.1) is 5.92 Å². The Morgan fingerprint density at radius 3 is 0.867 bits per heavy atom. The summed E-state index contributed by atoms with van der Waals surface area (Å²) < 4.78 is 68.5. The first kappa shape index (κ1) is 95.5. The zero-order valence-electron chi connectivity index (χ0n) is 63.4. The zero-order valence-corrected chi connectivity index (χ0v) is 65.2. The van der Waals surface area contributed by atoms with Gasteiger partial charge in [0, 0.05) is 25.7 Å². The fraction of sp³-hybridized carbons (Fsp3) is 0.899. The van der Waals surface area contributed by atoms with Gasteiger partial charge in [-0.3, -0.25) is 37.3 Å². The summed E-state index contributed by atoms with van der Waals surface area (Å²) in [4.78, 5) is 72.8. The van der Waals surface area contributed by atoms with Gasteiger partial charge in [-0.25, -0.2) is 9.13 Å². The van der Waals surface area contributed by atoms with Gasteiger partial charge in [0.2, 0.25) is 0 Å². The molecular weight excluding hydrogens is 1280 g/mol. The Morgan fingerprint density at radius 2 is 0.571 bits per heavy atom. The summed E-state index contributed by atoms with van der Waals surface area (Å²) in [7, 11) is -9.92. The van der Waals surface area contributed by atoms with Crippen molar-refractivity contribution in [1.29, 1.82) is 0 Å². The van der Waals surface area contributed by atoms with Gasteiger partial charge in [0.25, 0.3) is 0 Å². The molecule has 0 radical (unpaired) electrons. The van der Waals surface area contributed by atoms with Crippen molar-refractivity contribution in [3.8, 4) is 0 Å². The van der Waals surface area contributed by atoms with Gasteiger partial charge in [0.15, 0.2) is 12.2 Å². The highest BCUT2D eigenvalue weighted by molar-refractivity contribution is 7.47. The van der Waals surface area contributed by atoms with Crippen LogP contribution in [0.5, 0.6) is 0 Å². The first-order valence-corrected chi connectivity index (χ1v) is 43.5. The molecular formula is C79H150O17P2. The lowest BCUT2D eigenvalue weighted by atomic mass is 9.99. The Hall–Kier alpha value is -2.46. The third-order valence-corrected chi connectivity index (χ3v) is 20.2. The number of carbonyl (C=O) groups excluding carboxylic acids is 4. The van der Waals surface area contributed by atoms with Crippen LogP contribution in [0.2, 0.25) is 0 Å². The molecule has 0 aromatic rings. The number of aliphatic hydroxyl groups is 1. The number of phosphoric ester groups is 2. The largest absolute Gasteiger partial charge is 0.472 e. The monoisotopic (exact) mass is 1430 g/mol. The standard InChI is InChI=1S/C79H150O17P2/c1-6-10-13-16-19-22-24-26-28-29-31-35-39-43-48-53-58-63-77(82)90-69-75(96-79(84)65-60-55-50-45-41-37-33-32-34-38-42-46-51-56-61-72(5)9-4)71-94-98(87,88)92-67-73(80)66-91-97(85,86)93-70-74(68-89-76(81)62-57-52-47-21-18-15-12-8-3)95-78(83)64-59-54-49-44-40-36-30-27-25-23-20-17-14-11-7-2/h23,25,27,30,72-75,80H,6-22,24,26,28-29,31-71H2,1-5H3,(H,85,86)(H,87,88)/b25-23-,30-27-/t72?,73-,74+,75+/m0/s1. The van der Waals surface area contributed by atoms with E-state index in [-0.39, 0.29) is 25.7 Å². The van der Waals surface area contributed by atoms with E-state index in [2.05, 4.69) is 58.9 Å². The third kappa shape index (κ3) is 70.6. The fourth-order valence-corrected chi connectivity index (χ4v) is 13.2. The molecule has 0 aromatic carbocycles. The molecule has 0 bridgehead atoms. The molecule has 19 heteroatoms. The molecule has 3 unspecified atom stereocenters. The first-order chi connectivity index (χ1) is 47.6. The number of esters is 4. The van der Waals surface area contributed by atoms with Gasteiger partial charge in [-0.05, 0) is 57.3 Å². The number of aliphatic hydroxyl groups excluding tert-OH is 1. The van der Waals surface area contributed by atoms with Gasteiger partial charge in [0.05, 0.1) is 26.4 Å². The lowest BCUT2D eigenvalue weighted by molar-refractivity contribution is -0.161. The van der Waals surface area contributed by atoms with E-state index < -0.39 is 97.5 Å². The normalized spacial score (nSPS) is 14.3. The number of ether oxygens (including phenoxy) is 4. The molecule has 0 amide bonds. The second kappa shape index (κ2) is 71.5. The van der Waals surface area contributed by atoms with Crippen LogP contribution in [0.3, 0.4) is 0 Å². The Morgan fingerprint density at radius 1 is 0.327 bits per heavy atom. The molecule has 0 saturated carbocycles. The highest BCUT2D eigenvalue weighted by Gasteiger charge is 2.30. The number of phosphoric acid groups is 2. The van der Waals surface area contributed by atoms with E-state index in [0.29, 0.717) is 25.7 Å². The lowest BCUT2D eigenvalue weighted by Gasteiger charge is -2.21. The minimum Gasteiger partial charge on any atom is -0.462 e. The summed E-state index contributed by atoms with van der Waals surface area (Å²) in [6.07, 6.45) is 64.6. The van der Waals surface area contributed by atoms with E-state index in [9.17, 15) is 43.2 Å². The summed E-state index contributed by atoms with van der Waals surface area (Å²) in [6.45, 7) is 7.28. The van der Waals surface area contributed by atoms with Crippen molar-refractivity contribution in [3.63, 3.8) is 0 Å². The van der Waals surface area contributed by atoms with E-state index in [4.69, 9.17) is 37.0 Å². The molecule has 0 spiro atoms. The SMILES string of the molecule is CCCCCC/C=C\C=C/CCCCCCCC(=O)O[C@H](COC(=O)CCCCCCCCCC)COP(=O)(O)OC[C@H](O)COP(=O)(O)OC[C@@H](COC(=O)CCCCCCCCCCCCCCCCCCC)OC(=O)CCCCCCCCCCCCCCCCC(C)CC. The second-order valence-electron chi connectivity index (χ2n) is 28.0. The van der Waals surface area contributed by atoms with Gasteiger partial charge in [0.1, 0.15) is 19.3 Å². The number of allylic oxidation sites excluding steroid dienone is 4. The lowest BCUT2D eigenvalue weighted by Crippen LogP contribution is -2.30. The maximum Gasteiger partial charge on any atom is 0.472 e. The van der Waals surface area contributed by atoms with Gasteiger partial charge in [-0.1, -0.05) is 341 Å².